The molecule has 0 radical (unpaired) electrons. The zero-order chi connectivity index (χ0) is 16.6. The number of imide groups is 1. The van der Waals surface area contributed by atoms with Gasteiger partial charge in [-0.25, -0.2) is 0 Å². The predicted octanol–water partition coefficient (Wildman–Crippen LogP) is 1.22. The number of rotatable bonds is 7. The van der Waals surface area contributed by atoms with Gasteiger partial charge in [0.2, 0.25) is 11.8 Å². The molecule has 0 bridgehead atoms. The molecule has 1 aliphatic heterocycles. The molecule has 2 amide bonds. The van der Waals surface area contributed by atoms with Gasteiger partial charge in [0.1, 0.15) is 0 Å². The summed E-state index contributed by atoms with van der Waals surface area (Å²) in [5.41, 5.74) is 0. The van der Waals surface area contributed by atoms with Gasteiger partial charge in [-0.05, 0) is 33.4 Å². The molecule has 0 aromatic rings. The van der Waals surface area contributed by atoms with Crippen LogP contribution in [0.2, 0.25) is 0 Å². The Balaban J connectivity index is 2.48. The first-order chi connectivity index (χ1) is 10.4. The molecule has 1 aliphatic rings. The molecular weight excluding hydrogens is 300 g/mol. The van der Waals surface area contributed by atoms with Gasteiger partial charge in [-0.1, -0.05) is 0 Å². The van der Waals surface area contributed by atoms with Crippen LogP contribution in [0, 0.1) is 0 Å². The second kappa shape index (κ2) is 9.02. The Morgan fingerprint density at radius 1 is 1.27 bits per heavy atom. The van der Waals surface area contributed by atoms with Crippen molar-refractivity contribution < 1.29 is 9.59 Å². The summed E-state index contributed by atoms with van der Waals surface area (Å²) in [5.74, 6) is 0.591. The first-order valence-electron chi connectivity index (χ1n) is 7.80. The molecule has 1 fully saturated rings. The fraction of sp³-hybridized carbons (Fsp3) is 0.800. The van der Waals surface area contributed by atoms with Gasteiger partial charge in [-0.2, -0.15) is 11.8 Å². The third-order valence-corrected chi connectivity index (χ3v) is 4.76. The Bertz CT molecular complexity index is 408. The van der Waals surface area contributed by atoms with E-state index < -0.39 is 0 Å². The number of nitrogens with zero attached hydrogens (tertiary/aromatic N) is 2. The molecule has 6 nitrogen and oxygen atoms in total. The number of nitrogens with one attached hydrogen (secondary N) is 2. The third-order valence-electron chi connectivity index (χ3n) is 3.53. The maximum Gasteiger partial charge on any atom is 0.229 e. The molecule has 0 atom stereocenters. The van der Waals surface area contributed by atoms with Crippen LogP contribution in [-0.4, -0.2) is 59.9 Å². The number of amides is 2. The summed E-state index contributed by atoms with van der Waals surface area (Å²) < 4.78 is 0.0845. The summed E-state index contributed by atoms with van der Waals surface area (Å²) in [4.78, 5) is 29.4. The van der Waals surface area contributed by atoms with Gasteiger partial charge in [0.15, 0.2) is 5.96 Å². The van der Waals surface area contributed by atoms with E-state index in [2.05, 4.69) is 35.7 Å². The number of hydrogen-bond donors (Lipinski definition) is 2. The van der Waals surface area contributed by atoms with Crippen LogP contribution >= 0.6 is 11.8 Å². The molecule has 1 saturated heterocycles. The zero-order valence-electron chi connectivity index (χ0n) is 14.1. The molecule has 0 spiro atoms. The van der Waals surface area contributed by atoms with E-state index in [1.807, 2.05) is 6.92 Å². The molecule has 1 rings (SSSR count). The van der Waals surface area contributed by atoms with E-state index in [4.69, 9.17) is 0 Å². The van der Waals surface area contributed by atoms with E-state index in [0.717, 1.165) is 12.5 Å². The number of aliphatic imine (C=N–C) groups is 1. The quantitative estimate of drug-likeness (QED) is 0.418. The van der Waals surface area contributed by atoms with Crippen molar-refractivity contribution in [2.45, 2.75) is 44.8 Å². The van der Waals surface area contributed by atoms with Crippen LogP contribution in [-0.2, 0) is 9.59 Å². The summed E-state index contributed by atoms with van der Waals surface area (Å²) in [6.07, 6.45) is 3.70. The van der Waals surface area contributed by atoms with Crippen molar-refractivity contribution >= 4 is 29.5 Å². The second-order valence-corrected chi connectivity index (χ2v) is 7.39. The van der Waals surface area contributed by atoms with Crippen LogP contribution in [0.3, 0.4) is 0 Å². The van der Waals surface area contributed by atoms with Crippen molar-refractivity contribution in [2.75, 3.05) is 32.4 Å². The Labute approximate surface area is 137 Å². The molecule has 22 heavy (non-hydrogen) atoms. The number of piperidine rings is 1. The van der Waals surface area contributed by atoms with Crippen molar-refractivity contribution in [1.29, 1.82) is 0 Å². The highest BCUT2D eigenvalue weighted by molar-refractivity contribution is 7.99. The van der Waals surface area contributed by atoms with Crippen LogP contribution in [0.25, 0.3) is 0 Å². The Kier molecular flexibility index (Phi) is 7.72. The zero-order valence-corrected chi connectivity index (χ0v) is 14.9. The average Bonchev–Trinajstić information content (AvgIpc) is 2.48. The fourth-order valence-electron chi connectivity index (χ4n) is 2.01. The van der Waals surface area contributed by atoms with Crippen LogP contribution in [0.15, 0.2) is 4.99 Å². The first kappa shape index (κ1) is 18.8. The van der Waals surface area contributed by atoms with E-state index in [0.29, 0.717) is 38.9 Å². The van der Waals surface area contributed by atoms with E-state index in [9.17, 15) is 9.59 Å². The van der Waals surface area contributed by atoms with E-state index in [1.165, 1.54) is 4.90 Å². The summed E-state index contributed by atoms with van der Waals surface area (Å²) in [5, 5.41) is 6.37. The lowest BCUT2D eigenvalue weighted by Gasteiger charge is -2.25. The van der Waals surface area contributed by atoms with Crippen molar-refractivity contribution in [2.24, 2.45) is 4.99 Å². The van der Waals surface area contributed by atoms with Gasteiger partial charge < -0.3 is 10.6 Å². The van der Waals surface area contributed by atoms with Crippen LogP contribution in [0.4, 0.5) is 0 Å². The average molecular weight is 328 g/mol. The van der Waals surface area contributed by atoms with E-state index in [1.54, 1.807) is 11.8 Å². The molecule has 126 valence electrons. The first-order valence-corrected chi connectivity index (χ1v) is 9.02. The molecule has 0 unspecified atom stereocenters. The standard InChI is InChI=1S/C15H28N4O2S/c1-5-16-14(18-11-15(2,3)22-4)17-9-10-19-12(20)7-6-8-13(19)21/h5-11H2,1-4H3,(H2,16,17,18). The summed E-state index contributed by atoms with van der Waals surface area (Å²) in [6.45, 7) is 8.69. The Hall–Kier alpha value is -1.24. The van der Waals surface area contributed by atoms with Crippen molar-refractivity contribution in [3.63, 3.8) is 0 Å². The third kappa shape index (κ3) is 6.25. The van der Waals surface area contributed by atoms with Crippen LogP contribution in [0.5, 0.6) is 0 Å². The molecule has 1 heterocycles. The number of likely N-dealkylation sites (tertiary alicyclic amines) is 1. The lowest BCUT2D eigenvalue weighted by atomic mass is 10.1. The molecular formula is C15H28N4O2S. The number of hydrogen-bond acceptors (Lipinski definition) is 4. The largest absolute Gasteiger partial charge is 0.357 e. The van der Waals surface area contributed by atoms with Gasteiger partial charge in [0.25, 0.3) is 0 Å². The summed E-state index contributed by atoms with van der Waals surface area (Å²) in [6, 6.07) is 0. The van der Waals surface area contributed by atoms with Gasteiger partial charge in [0.05, 0.1) is 6.54 Å². The molecule has 2 N–H and O–H groups in total. The molecule has 0 aromatic heterocycles. The second-order valence-electron chi connectivity index (χ2n) is 5.88. The normalized spacial score (nSPS) is 16.9. The maximum absolute atomic E-state index is 11.7. The minimum absolute atomic E-state index is 0.0662. The fourth-order valence-corrected chi connectivity index (χ4v) is 2.20. The van der Waals surface area contributed by atoms with Crippen molar-refractivity contribution in [1.82, 2.24) is 15.5 Å². The Morgan fingerprint density at radius 3 is 2.45 bits per heavy atom. The lowest BCUT2D eigenvalue weighted by Crippen LogP contribution is -2.46. The van der Waals surface area contributed by atoms with Crippen LogP contribution < -0.4 is 10.6 Å². The number of thioether (sulfide) groups is 1. The molecule has 7 heteroatoms. The van der Waals surface area contributed by atoms with E-state index in [-0.39, 0.29) is 16.6 Å². The monoisotopic (exact) mass is 328 g/mol. The molecule has 0 saturated carbocycles. The van der Waals surface area contributed by atoms with Gasteiger partial charge in [-0.3, -0.25) is 19.5 Å². The minimum Gasteiger partial charge on any atom is -0.357 e. The molecule has 0 aliphatic carbocycles. The summed E-state index contributed by atoms with van der Waals surface area (Å²) >= 11 is 1.77. The topological polar surface area (TPSA) is 73.8 Å². The number of carbonyl (C=O) groups excluding carboxylic acids is 2. The van der Waals surface area contributed by atoms with Gasteiger partial charge >= 0.3 is 0 Å². The van der Waals surface area contributed by atoms with E-state index >= 15 is 0 Å². The smallest absolute Gasteiger partial charge is 0.229 e. The maximum atomic E-state index is 11.7. The van der Waals surface area contributed by atoms with Crippen LogP contribution in [0.1, 0.15) is 40.0 Å². The SMILES string of the molecule is CCNC(=NCC(C)(C)SC)NCCN1C(=O)CCCC1=O. The van der Waals surface area contributed by atoms with Crippen molar-refractivity contribution in [3.05, 3.63) is 0 Å². The lowest BCUT2D eigenvalue weighted by molar-refractivity contribution is -0.147. The predicted molar refractivity (Wildman–Crippen MR) is 92.1 cm³/mol. The van der Waals surface area contributed by atoms with Crippen molar-refractivity contribution in [3.8, 4) is 0 Å². The Morgan fingerprint density at radius 2 is 1.91 bits per heavy atom. The number of guanidine groups is 1. The van der Waals surface area contributed by atoms with Gasteiger partial charge in [0, 0.05) is 37.2 Å². The highest BCUT2D eigenvalue weighted by Gasteiger charge is 2.25. The minimum atomic E-state index is -0.0662. The van der Waals surface area contributed by atoms with Gasteiger partial charge in [-0.15, -0.1) is 0 Å². The summed E-state index contributed by atoms with van der Waals surface area (Å²) in [7, 11) is 0. The highest BCUT2D eigenvalue weighted by atomic mass is 32.2. The number of carbonyl (C=O) groups is 2. The highest BCUT2D eigenvalue weighted by Crippen LogP contribution is 2.20. The molecule has 0 aromatic carbocycles.